The van der Waals surface area contributed by atoms with Crippen LogP contribution >= 0.6 is 0 Å². The maximum absolute atomic E-state index is 14.2. The molecule has 0 saturated carbocycles. The smallest absolute Gasteiger partial charge is 0.343 e. The van der Waals surface area contributed by atoms with Gasteiger partial charge in [-0.15, -0.1) is 0 Å². The number of nitrogens with zero attached hydrogens (tertiary/aromatic N) is 3. The summed E-state index contributed by atoms with van der Waals surface area (Å²) >= 11 is 0. The monoisotopic (exact) mass is 331 g/mol. The molecule has 3 rings (SSSR count). The molecule has 6 nitrogen and oxygen atoms in total. The van der Waals surface area contributed by atoms with Crippen molar-refractivity contribution in [2.45, 2.75) is 25.9 Å². The number of rotatable bonds is 3. The number of aryl methyl sites for hydroxylation is 1. The van der Waals surface area contributed by atoms with Crippen LogP contribution in [-0.2, 0) is 4.79 Å². The van der Waals surface area contributed by atoms with E-state index in [0.717, 1.165) is 5.69 Å². The molecule has 0 bridgehead atoms. The van der Waals surface area contributed by atoms with Crippen molar-refractivity contribution in [3.63, 3.8) is 0 Å². The number of aliphatic carboxylic acids is 1. The van der Waals surface area contributed by atoms with Crippen molar-refractivity contribution in [3.8, 4) is 5.69 Å². The molecule has 1 aliphatic heterocycles. The van der Waals surface area contributed by atoms with Gasteiger partial charge in [0.15, 0.2) is 0 Å². The molecule has 1 unspecified atom stereocenters. The fourth-order valence-electron chi connectivity index (χ4n) is 3.05. The fourth-order valence-corrected chi connectivity index (χ4v) is 3.05. The maximum atomic E-state index is 14.2. The molecule has 2 aromatic rings. The molecule has 1 atom stereocenters. The van der Waals surface area contributed by atoms with Gasteiger partial charge in [-0.3, -0.25) is 4.79 Å². The van der Waals surface area contributed by atoms with Gasteiger partial charge in [-0.05, 0) is 26.0 Å². The molecule has 2 heterocycles. The Morgan fingerprint density at radius 3 is 2.50 bits per heavy atom. The molecule has 126 valence electrons. The normalized spacial score (nSPS) is 20.4. The largest absolute Gasteiger partial charge is 0.479 e. The number of likely N-dealkylation sites (tertiary alicyclic amines) is 1. The molecule has 24 heavy (non-hydrogen) atoms. The Morgan fingerprint density at radius 1 is 1.25 bits per heavy atom. The van der Waals surface area contributed by atoms with E-state index >= 15 is 0 Å². The van der Waals surface area contributed by atoms with E-state index in [2.05, 4.69) is 5.10 Å². The molecule has 1 saturated heterocycles. The summed E-state index contributed by atoms with van der Waals surface area (Å²) in [5.41, 5.74) is 0.0354. The van der Waals surface area contributed by atoms with E-state index in [4.69, 9.17) is 5.11 Å². The summed E-state index contributed by atoms with van der Waals surface area (Å²) in [4.78, 5) is 25.0. The van der Waals surface area contributed by atoms with E-state index in [1.807, 2.05) is 30.3 Å². The van der Waals surface area contributed by atoms with Crippen LogP contribution in [0.2, 0.25) is 0 Å². The van der Waals surface area contributed by atoms with Crippen molar-refractivity contribution >= 4 is 11.9 Å². The van der Waals surface area contributed by atoms with Crippen LogP contribution in [0.25, 0.3) is 5.69 Å². The topological polar surface area (TPSA) is 75.4 Å². The van der Waals surface area contributed by atoms with Gasteiger partial charge in [-0.2, -0.15) is 5.10 Å². The van der Waals surface area contributed by atoms with E-state index in [0.29, 0.717) is 17.0 Å². The Balaban J connectivity index is 1.92. The zero-order valence-corrected chi connectivity index (χ0v) is 13.5. The minimum atomic E-state index is -2.37. The third-order valence-corrected chi connectivity index (χ3v) is 4.40. The molecule has 1 N–H and O–H groups in total. The van der Waals surface area contributed by atoms with Crippen molar-refractivity contribution in [1.29, 1.82) is 0 Å². The number of para-hydroxylation sites is 1. The van der Waals surface area contributed by atoms with Crippen LogP contribution < -0.4 is 0 Å². The minimum absolute atomic E-state index is 0.0804. The number of carbonyl (C=O) groups excluding carboxylic acids is 1. The lowest BCUT2D eigenvalue weighted by molar-refractivity contribution is -0.149. The van der Waals surface area contributed by atoms with Crippen LogP contribution in [0.1, 0.15) is 28.2 Å². The van der Waals surface area contributed by atoms with Gasteiger partial charge in [0.1, 0.15) is 0 Å². The van der Waals surface area contributed by atoms with Crippen LogP contribution in [0.5, 0.6) is 0 Å². The summed E-state index contributed by atoms with van der Waals surface area (Å²) < 4.78 is 15.9. The number of carboxylic acid groups (broad SMARTS) is 1. The number of amides is 1. The van der Waals surface area contributed by atoms with Crippen molar-refractivity contribution in [2.24, 2.45) is 0 Å². The number of alkyl halides is 1. The molecule has 0 spiro atoms. The number of carboxylic acids is 1. The number of hydrogen-bond donors (Lipinski definition) is 1. The molecule has 1 fully saturated rings. The molecule has 1 aromatic carbocycles. The Kier molecular flexibility index (Phi) is 3.87. The minimum Gasteiger partial charge on any atom is -0.479 e. The lowest BCUT2D eigenvalue weighted by atomic mass is 10.1. The standard InChI is InChI=1S/C17H18FN3O3/c1-11-14(12(2)21(19-11)13-6-4-3-5-7-13)15(22)20-9-8-17(18,10-20)16(23)24/h3-7H,8-10H2,1-2H3,(H,23,24). The first kappa shape index (κ1) is 16.2. The van der Waals surface area contributed by atoms with Gasteiger partial charge in [-0.25, -0.2) is 13.9 Å². The first-order valence-corrected chi connectivity index (χ1v) is 7.67. The van der Waals surface area contributed by atoms with E-state index < -0.39 is 18.2 Å². The van der Waals surface area contributed by atoms with E-state index in [1.165, 1.54) is 4.90 Å². The highest BCUT2D eigenvalue weighted by Crippen LogP contribution is 2.28. The summed E-state index contributed by atoms with van der Waals surface area (Å²) in [5.74, 6) is -1.90. The second kappa shape index (κ2) is 5.74. The van der Waals surface area contributed by atoms with Crippen LogP contribution in [0, 0.1) is 13.8 Å². The molecule has 1 aromatic heterocycles. The van der Waals surface area contributed by atoms with Gasteiger partial charge in [0.25, 0.3) is 5.91 Å². The fraction of sp³-hybridized carbons (Fsp3) is 0.353. The van der Waals surface area contributed by atoms with Gasteiger partial charge >= 0.3 is 5.97 Å². The first-order chi connectivity index (χ1) is 11.3. The number of halogens is 1. The van der Waals surface area contributed by atoms with E-state index in [9.17, 15) is 14.0 Å². The lowest BCUT2D eigenvalue weighted by Crippen LogP contribution is -2.39. The van der Waals surface area contributed by atoms with Gasteiger partial charge in [0.2, 0.25) is 5.67 Å². The predicted molar refractivity (Wildman–Crippen MR) is 85.0 cm³/mol. The van der Waals surface area contributed by atoms with Gasteiger partial charge in [0.05, 0.1) is 29.2 Å². The summed E-state index contributed by atoms with van der Waals surface area (Å²) in [7, 11) is 0. The second-order valence-electron chi connectivity index (χ2n) is 6.04. The van der Waals surface area contributed by atoms with Crippen LogP contribution in [0.4, 0.5) is 4.39 Å². The van der Waals surface area contributed by atoms with Crippen LogP contribution in [-0.4, -0.2) is 50.4 Å². The zero-order chi connectivity index (χ0) is 17.5. The molecule has 0 aliphatic carbocycles. The Morgan fingerprint density at radius 2 is 1.92 bits per heavy atom. The summed E-state index contributed by atoms with van der Waals surface area (Å²) in [6, 6.07) is 9.38. The summed E-state index contributed by atoms with van der Waals surface area (Å²) in [5, 5.41) is 13.4. The average molecular weight is 331 g/mol. The second-order valence-corrected chi connectivity index (χ2v) is 6.04. The number of benzene rings is 1. The highest BCUT2D eigenvalue weighted by Gasteiger charge is 2.47. The average Bonchev–Trinajstić information content (AvgIpc) is 3.09. The molecular weight excluding hydrogens is 313 g/mol. The van der Waals surface area contributed by atoms with Gasteiger partial charge in [-0.1, -0.05) is 18.2 Å². The molecule has 1 aliphatic rings. The number of hydrogen-bond acceptors (Lipinski definition) is 3. The van der Waals surface area contributed by atoms with Gasteiger partial charge in [0, 0.05) is 13.0 Å². The Labute approximate surface area is 138 Å². The first-order valence-electron chi connectivity index (χ1n) is 7.67. The molecule has 0 radical (unpaired) electrons. The van der Waals surface area contributed by atoms with Crippen LogP contribution in [0.3, 0.4) is 0 Å². The highest BCUT2D eigenvalue weighted by molar-refractivity contribution is 5.97. The third kappa shape index (κ3) is 2.55. The maximum Gasteiger partial charge on any atom is 0.343 e. The molecular formula is C17H18FN3O3. The van der Waals surface area contributed by atoms with E-state index in [-0.39, 0.29) is 18.9 Å². The SMILES string of the molecule is Cc1nn(-c2ccccc2)c(C)c1C(=O)N1CCC(F)(C(=O)O)C1. The zero-order valence-electron chi connectivity index (χ0n) is 13.5. The number of carbonyl (C=O) groups is 2. The molecule has 1 amide bonds. The predicted octanol–water partition coefficient (Wildman–Crippen LogP) is 2.13. The van der Waals surface area contributed by atoms with Gasteiger partial charge < -0.3 is 10.0 Å². The van der Waals surface area contributed by atoms with Crippen LogP contribution in [0.15, 0.2) is 30.3 Å². The Hall–Kier alpha value is -2.70. The highest BCUT2D eigenvalue weighted by atomic mass is 19.1. The van der Waals surface area contributed by atoms with Crippen molar-refractivity contribution in [3.05, 3.63) is 47.3 Å². The van der Waals surface area contributed by atoms with E-state index in [1.54, 1.807) is 18.5 Å². The van der Waals surface area contributed by atoms with Crippen molar-refractivity contribution < 1.29 is 19.1 Å². The summed E-state index contributed by atoms with van der Waals surface area (Å²) in [6.07, 6.45) is -0.195. The molecule has 7 heteroatoms. The number of aromatic nitrogens is 2. The third-order valence-electron chi connectivity index (χ3n) is 4.40. The van der Waals surface area contributed by atoms with Crippen molar-refractivity contribution in [2.75, 3.05) is 13.1 Å². The van der Waals surface area contributed by atoms with Crippen molar-refractivity contribution in [1.82, 2.24) is 14.7 Å². The quantitative estimate of drug-likeness (QED) is 0.935. The lowest BCUT2D eigenvalue weighted by Gasteiger charge is -2.18. The Bertz CT molecular complexity index is 803. The summed E-state index contributed by atoms with van der Waals surface area (Å²) in [6.45, 7) is 3.14.